The second kappa shape index (κ2) is 12.0. The number of benzene rings is 8. The van der Waals surface area contributed by atoms with Crippen LogP contribution >= 0.6 is 0 Å². The molecule has 0 radical (unpaired) electrons. The fourth-order valence-electron chi connectivity index (χ4n) is 10.9. The fraction of sp³-hybridized carbons (Fsp3) is 0.111. The molecule has 0 aliphatic heterocycles. The van der Waals surface area contributed by atoms with Crippen LogP contribution in [0.15, 0.2) is 168 Å². The third-order valence-corrected chi connectivity index (χ3v) is 13.4. The van der Waals surface area contributed by atoms with Crippen LogP contribution in [0.2, 0.25) is 0 Å². The van der Waals surface area contributed by atoms with E-state index in [4.69, 9.17) is 14.4 Å². The first kappa shape index (κ1) is 32.1. The first-order valence-electron chi connectivity index (χ1n) is 20.6. The zero-order valence-corrected chi connectivity index (χ0v) is 31.9. The molecule has 8 aromatic carbocycles. The lowest BCUT2D eigenvalue weighted by atomic mass is 9.66. The highest BCUT2D eigenvalue weighted by atomic mass is 16.3. The maximum atomic E-state index is 6.68. The van der Waals surface area contributed by atoms with Gasteiger partial charge in [-0.25, -0.2) is 9.97 Å². The van der Waals surface area contributed by atoms with Gasteiger partial charge in [-0.2, -0.15) is 0 Å². The Morgan fingerprint density at radius 2 is 1.17 bits per heavy atom. The van der Waals surface area contributed by atoms with Crippen molar-refractivity contribution in [3.63, 3.8) is 0 Å². The molecule has 58 heavy (non-hydrogen) atoms. The van der Waals surface area contributed by atoms with Gasteiger partial charge in [-0.1, -0.05) is 171 Å². The Morgan fingerprint density at radius 3 is 2.02 bits per heavy atom. The van der Waals surface area contributed by atoms with Gasteiger partial charge in [-0.3, -0.25) is 4.57 Å². The summed E-state index contributed by atoms with van der Waals surface area (Å²) in [6, 6.07) is 59.3. The van der Waals surface area contributed by atoms with E-state index >= 15 is 0 Å². The van der Waals surface area contributed by atoms with E-state index in [1.807, 2.05) is 12.1 Å². The Hall–Kier alpha value is -7.04. The van der Waals surface area contributed by atoms with Gasteiger partial charge >= 0.3 is 0 Å². The van der Waals surface area contributed by atoms with Crippen LogP contribution in [-0.2, 0) is 5.41 Å². The molecule has 0 bridgehead atoms. The van der Waals surface area contributed by atoms with Crippen LogP contribution in [0.3, 0.4) is 0 Å². The van der Waals surface area contributed by atoms with Gasteiger partial charge in [-0.15, -0.1) is 0 Å². The molecule has 274 valence electrons. The molecule has 3 aromatic heterocycles. The molecular formula is C54H37N3O. The molecule has 2 aliphatic carbocycles. The maximum Gasteiger partial charge on any atom is 0.236 e. The predicted molar refractivity (Wildman–Crippen MR) is 239 cm³/mol. The average Bonchev–Trinajstić information content (AvgIpc) is 3.94. The van der Waals surface area contributed by atoms with Crippen LogP contribution in [0.5, 0.6) is 0 Å². The number of hydrogen-bond acceptors (Lipinski definition) is 3. The van der Waals surface area contributed by atoms with E-state index in [1.165, 1.54) is 84.9 Å². The lowest BCUT2D eigenvalue weighted by molar-refractivity contribution is 0.355. The molecule has 2 aliphatic rings. The number of hydrogen-bond donors (Lipinski definition) is 0. The molecular weight excluding hydrogens is 707 g/mol. The van der Waals surface area contributed by atoms with Crippen LogP contribution in [0.4, 0.5) is 0 Å². The average molecular weight is 744 g/mol. The van der Waals surface area contributed by atoms with Crippen molar-refractivity contribution in [2.24, 2.45) is 0 Å². The van der Waals surface area contributed by atoms with Gasteiger partial charge in [0.15, 0.2) is 5.58 Å². The molecule has 1 fully saturated rings. The van der Waals surface area contributed by atoms with Gasteiger partial charge in [0, 0.05) is 37.9 Å². The van der Waals surface area contributed by atoms with Crippen molar-refractivity contribution in [1.29, 1.82) is 0 Å². The molecule has 11 aromatic rings. The predicted octanol–water partition coefficient (Wildman–Crippen LogP) is 14.3. The van der Waals surface area contributed by atoms with Gasteiger partial charge in [0.05, 0.1) is 11.0 Å². The number of fused-ring (bicyclic) bond motifs is 17. The maximum absolute atomic E-state index is 6.68. The Morgan fingerprint density at radius 1 is 0.500 bits per heavy atom. The summed E-state index contributed by atoms with van der Waals surface area (Å²) in [6.45, 7) is 0. The van der Waals surface area contributed by atoms with Crippen LogP contribution in [-0.4, -0.2) is 14.5 Å². The van der Waals surface area contributed by atoms with Crippen molar-refractivity contribution >= 4 is 65.4 Å². The first-order valence-corrected chi connectivity index (χ1v) is 20.6. The first-order chi connectivity index (χ1) is 28.8. The molecule has 13 rings (SSSR count). The van der Waals surface area contributed by atoms with Crippen molar-refractivity contribution in [2.45, 2.75) is 37.5 Å². The summed E-state index contributed by atoms with van der Waals surface area (Å²) >= 11 is 0. The van der Waals surface area contributed by atoms with Gasteiger partial charge in [0.2, 0.25) is 5.95 Å². The summed E-state index contributed by atoms with van der Waals surface area (Å²) in [5, 5.41) is 8.47. The molecule has 4 heteroatoms. The Kier molecular flexibility index (Phi) is 6.63. The normalized spacial score (nSPS) is 14.7. The van der Waals surface area contributed by atoms with E-state index in [9.17, 15) is 0 Å². The van der Waals surface area contributed by atoms with E-state index in [0.29, 0.717) is 11.5 Å². The molecule has 0 amide bonds. The SMILES string of the molecule is c1ccc(-c2ccc(-c3nc(-n4c5c6ccccc6ccc5c5c6c(c7ccccc7c54)-c4ccccc4C64CCCCC4)nc4c3oc3ccccc34)cc2)cc1. The number of para-hydroxylation sites is 1. The van der Waals surface area contributed by atoms with Crippen LogP contribution in [0, 0.1) is 0 Å². The third kappa shape index (κ3) is 4.29. The molecule has 0 unspecified atom stereocenters. The minimum Gasteiger partial charge on any atom is -0.452 e. The monoisotopic (exact) mass is 743 g/mol. The summed E-state index contributed by atoms with van der Waals surface area (Å²) in [7, 11) is 0. The molecule has 0 atom stereocenters. The van der Waals surface area contributed by atoms with Gasteiger partial charge in [-0.05, 0) is 69.1 Å². The Bertz CT molecular complexity index is 3480. The summed E-state index contributed by atoms with van der Waals surface area (Å²) < 4.78 is 9.09. The van der Waals surface area contributed by atoms with Gasteiger partial charge in [0.25, 0.3) is 0 Å². The van der Waals surface area contributed by atoms with Crippen molar-refractivity contribution in [3.05, 3.63) is 175 Å². The third-order valence-electron chi connectivity index (χ3n) is 13.4. The summed E-state index contributed by atoms with van der Waals surface area (Å²) in [5.41, 5.74) is 14.5. The summed E-state index contributed by atoms with van der Waals surface area (Å²) in [5.74, 6) is 0.649. The zero-order chi connectivity index (χ0) is 38.0. The lowest BCUT2D eigenvalue weighted by Crippen LogP contribution is -2.28. The van der Waals surface area contributed by atoms with E-state index in [1.54, 1.807) is 0 Å². The Balaban J connectivity index is 1.21. The molecule has 1 saturated carbocycles. The minimum atomic E-state index is -0.0611. The highest BCUT2D eigenvalue weighted by Gasteiger charge is 2.46. The minimum absolute atomic E-state index is 0.0611. The highest BCUT2D eigenvalue weighted by molar-refractivity contribution is 6.28. The molecule has 0 N–H and O–H groups in total. The highest BCUT2D eigenvalue weighted by Crippen LogP contribution is 2.61. The van der Waals surface area contributed by atoms with Crippen molar-refractivity contribution < 1.29 is 4.42 Å². The van der Waals surface area contributed by atoms with Crippen molar-refractivity contribution in [1.82, 2.24) is 14.5 Å². The number of nitrogens with zero attached hydrogens (tertiary/aromatic N) is 3. The lowest BCUT2D eigenvalue weighted by Gasteiger charge is -2.36. The van der Waals surface area contributed by atoms with E-state index in [0.717, 1.165) is 51.7 Å². The number of aromatic nitrogens is 3. The van der Waals surface area contributed by atoms with E-state index in [2.05, 4.69) is 156 Å². The molecule has 4 nitrogen and oxygen atoms in total. The standard InChI is InChI=1S/C54H37N3O/c1-3-15-33(16-4-1)34-25-27-36(28-26-34)48-52-49(41-22-10-12-24-44(41)58-52)56-53(55-48)57-50-37-18-6-5-17-35(37)29-30-42(50)46-47-45(38-19-7-8-20-39(38)51(46)57)40-21-9-11-23-43(40)54(47)31-13-2-14-32-54/h1,3-12,15-30H,2,13-14,31-32H2. The zero-order valence-electron chi connectivity index (χ0n) is 31.9. The Labute approximate surface area is 335 Å². The smallest absolute Gasteiger partial charge is 0.236 e. The topological polar surface area (TPSA) is 43.9 Å². The fourth-order valence-corrected chi connectivity index (χ4v) is 10.9. The number of furan rings is 1. The molecule has 1 spiro atoms. The summed E-state index contributed by atoms with van der Waals surface area (Å²) in [6.07, 6.45) is 6.03. The molecule has 3 heterocycles. The van der Waals surface area contributed by atoms with Crippen molar-refractivity contribution in [3.8, 4) is 39.5 Å². The molecule has 0 saturated heterocycles. The summed E-state index contributed by atoms with van der Waals surface area (Å²) in [4.78, 5) is 11.2. The van der Waals surface area contributed by atoms with Crippen molar-refractivity contribution in [2.75, 3.05) is 0 Å². The van der Waals surface area contributed by atoms with Crippen LogP contribution in [0.1, 0.15) is 43.2 Å². The quantitative estimate of drug-likeness (QED) is 0.181. The van der Waals surface area contributed by atoms with Gasteiger partial charge in [0.1, 0.15) is 16.8 Å². The largest absolute Gasteiger partial charge is 0.452 e. The second-order valence-electron chi connectivity index (χ2n) is 16.3. The number of rotatable bonds is 3. The van der Waals surface area contributed by atoms with E-state index in [-0.39, 0.29) is 5.41 Å². The van der Waals surface area contributed by atoms with Gasteiger partial charge < -0.3 is 4.42 Å². The second-order valence-corrected chi connectivity index (χ2v) is 16.3. The van der Waals surface area contributed by atoms with Crippen LogP contribution < -0.4 is 0 Å². The van der Waals surface area contributed by atoms with Crippen LogP contribution in [0.25, 0.3) is 105 Å². The van der Waals surface area contributed by atoms with E-state index < -0.39 is 0 Å².